The molecule has 0 radical (unpaired) electrons. The van der Waals surface area contributed by atoms with E-state index in [-0.39, 0.29) is 5.56 Å². The Morgan fingerprint density at radius 2 is 1.78 bits per heavy atom. The molecule has 4 rings (SSSR count). The minimum Gasteiger partial charge on any atom is -0.494 e. The Bertz CT molecular complexity index is 1200. The van der Waals surface area contributed by atoms with Crippen molar-refractivity contribution in [3.05, 3.63) is 82.7 Å². The van der Waals surface area contributed by atoms with Crippen LogP contribution in [0, 0.1) is 0 Å². The zero-order valence-corrected chi connectivity index (χ0v) is 14.6. The number of ether oxygens (including phenoxy) is 2. The molecule has 1 aromatic heterocycles. The molecule has 0 saturated carbocycles. The van der Waals surface area contributed by atoms with Crippen molar-refractivity contribution < 1.29 is 18.7 Å². The summed E-state index contributed by atoms with van der Waals surface area (Å²) in [7, 11) is 0. The van der Waals surface area contributed by atoms with Crippen molar-refractivity contribution >= 4 is 27.7 Å². The normalized spacial score (nSPS) is 10.9. The molecule has 3 aromatic carbocycles. The van der Waals surface area contributed by atoms with E-state index >= 15 is 0 Å². The molecule has 4 aromatic rings. The van der Waals surface area contributed by atoms with Crippen LogP contribution in [0.2, 0.25) is 0 Å². The third-order valence-electron chi connectivity index (χ3n) is 4.19. The maximum atomic E-state index is 12.6. The van der Waals surface area contributed by atoms with Crippen LogP contribution in [-0.2, 0) is 0 Å². The number of esters is 1. The lowest BCUT2D eigenvalue weighted by atomic mass is 10.1. The fourth-order valence-corrected chi connectivity index (χ4v) is 2.93. The highest BCUT2D eigenvalue weighted by molar-refractivity contribution is 5.97. The van der Waals surface area contributed by atoms with Gasteiger partial charge in [-0.05, 0) is 36.6 Å². The highest BCUT2D eigenvalue weighted by atomic mass is 16.5. The lowest BCUT2D eigenvalue weighted by Crippen LogP contribution is -2.18. The van der Waals surface area contributed by atoms with E-state index in [1.165, 1.54) is 6.07 Å². The van der Waals surface area contributed by atoms with E-state index in [2.05, 4.69) is 0 Å². The first-order chi connectivity index (χ1) is 13.2. The molecule has 0 fully saturated rings. The van der Waals surface area contributed by atoms with Crippen molar-refractivity contribution in [2.75, 3.05) is 6.61 Å². The van der Waals surface area contributed by atoms with Crippen LogP contribution in [0.4, 0.5) is 0 Å². The maximum Gasteiger partial charge on any atom is 0.351 e. The monoisotopic (exact) mass is 360 g/mol. The lowest BCUT2D eigenvalue weighted by Gasteiger charge is -2.08. The van der Waals surface area contributed by atoms with Crippen LogP contribution in [-0.4, -0.2) is 12.6 Å². The summed E-state index contributed by atoms with van der Waals surface area (Å²) in [4.78, 5) is 24.9. The van der Waals surface area contributed by atoms with E-state index in [9.17, 15) is 9.59 Å². The molecule has 0 amide bonds. The summed E-state index contributed by atoms with van der Waals surface area (Å²) in [6, 6.07) is 19.5. The molecule has 0 N–H and O–H groups in total. The second-order valence-electron chi connectivity index (χ2n) is 5.95. The molecule has 0 atom stereocenters. The van der Waals surface area contributed by atoms with Gasteiger partial charge in [0.2, 0.25) is 0 Å². The fraction of sp³-hybridized carbons (Fsp3) is 0.0909. The minimum atomic E-state index is -0.754. The van der Waals surface area contributed by atoms with Crippen LogP contribution in [0.1, 0.15) is 17.3 Å². The van der Waals surface area contributed by atoms with Gasteiger partial charge in [0.15, 0.2) is 0 Å². The van der Waals surface area contributed by atoms with Gasteiger partial charge >= 0.3 is 11.6 Å². The summed E-state index contributed by atoms with van der Waals surface area (Å²) in [5, 5.41) is 2.35. The maximum absolute atomic E-state index is 12.6. The fourth-order valence-electron chi connectivity index (χ4n) is 2.93. The molecule has 5 nitrogen and oxygen atoms in total. The molecule has 0 saturated heterocycles. The van der Waals surface area contributed by atoms with Gasteiger partial charge in [-0.15, -0.1) is 0 Å². The number of benzene rings is 3. The van der Waals surface area contributed by atoms with E-state index < -0.39 is 11.6 Å². The van der Waals surface area contributed by atoms with Crippen molar-refractivity contribution in [2.24, 2.45) is 0 Å². The third-order valence-corrected chi connectivity index (χ3v) is 4.19. The number of carbonyl (C=O) groups excluding carboxylic acids is 1. The molecule has 0 unspecified atom stereocenters. The smallest absolute Gasteiger partial charge is 0.351 e. The molecule has 0 aliphatic heterocycles. The topological polar surface area (TPSA) is 65.7 Å². The third kappa shape index (κ3) is 3.27. The van der Waals surface area contributed by atoms with E-state index in [0.29, 0.717) is 29.1 Å². The van der Waals surface area contributed by atoms with Crippen LogP contribution < -0.4 is 15.1 Å². The molecule has 1 heterocycles. The summed E-state index contributed by atoms with van der Waals surface area (Å²) in [6.07, 6.45) is 0. The summed E-state index contributed by atoms with van der Waals surface area (Å²) in [6.45, 7) is 2.37. The molecular formula is C22H16O5. The highest BCUT2D eigenvalue weighted by Gasteiger charge is 2.17. The molecule has 0 aliphatic rings. The number of hydrogen-bond donors (Lipinski definition) is 0. The predicted molar refractivity (Wildman–Crippen MR) is 103 cm³/mol. The number of hydrogen-bond acceptors (Lipinski definition) is 5. The predicted octanol–water partition coefficient (Wildman–Crippen LogP) is 4.56. The first kappa shape index (κ1) is 16.8. The Balaban J connectivity index is 1.71. The standard InChI is InChI=1S/C22H16O5/c1-2-25-16-11-10-15-12-18(22(24)27-20(15)13-16)21(23)26-19-9-5-7-14-6-3-4-8-17(14)19/h3-13H,2H2,1H3. The van der Waals surface area contributed by atoms with Gasteiger partial charge in [0.05, 0.1) is 6.61 Å². The molecule has 0 spiro atoms. The first-order valence-electron chi connectivity index (χ1n) is 8.56. The first-order valence-corrected chi connectivity index (χ1v) is 8.56. The summed E-state index contributed by atoms with van der Waals surface area (Å²) < 4.78 is 16.2. The van der Waals surface area contributed by atoms with Crippen LogP contribution in [0.25, 0.3) is 21.7 Å². The van der Waals surface area contributed by atoms with Gasteiger partial charge in [-0.2, -0.15) is 0 Å². The zero-order valence-electron chi connectivity index (χ0n) is 14.6. The van der Waals surface area contributed by atoms with Gasteiger partial charge in [-0.3, -0.25) is 0 Å². The van der Waals surface area contributed by atoms with E-state index in [1.807, 2.05) is 37.3 Å². The van der Waals surface area contributed by atoms with Crippen molar-refractivity contribution in [1.82, 2.24) is 0 Å². The van der Waals surface area contributed by atoms with E-state index in [4.69, 9.17) is 13.9 Å². The van der Waals surface area contributed by atoms with Crippen molar-refractivity contribution in [3.8, 4) is 11.5 Å². The van der Waals surface area contributed by atoms with Gasteiger partial charge in [-0.1, -0.05) is 36.4 Å². The van der Waals surface area contributed by atoms with Crippen LogP contribution in [0.3, 0.4) is 0 Å². The second kappa shape index (κ2) is 6.96. The minimum absolute atomic E-state index is 0.153. The van der Waals surface area contributed by atoms with E-state index in [1.54, 1.807) is 30.3 Å². The second-order valence-corrected chi connectivity index (χ2v) is 5.95. The Labute approximate surface area is 154 Å². The highest BCUT2D eigenvalue weighted by Crippen LogP contribution is 2.26. The van der Waals surface area contributed by atoms with Gasteiger partial charge in [0, 0.05) is 16.8 Å². The van der Waals surface area contributed by atoms with Crippen LogP contribution >= 0.6 is 0 Å². The van der Waals surface area contributed by atoms with Gasteiger partial charge in [0.1, 0.15) is 22.6 Å². The summed E-state index contributed by atoms with van der Waals surface area (Å²) >= 11 is 0. The average Bonchev–Trinajstić information content (AvgIpc) is 2.68. The average molecular weight is 360 g/mol. The Morgan fingerprint density at radius 3 is 2.63 bits per heavy atom. The number of carbonyl (C=O) groups is 1. The van der Waals surface area contributed by atoms with Crippen molar-refractivity contribution in [3.63, 3.8) is 0 Å². The molecule has 5 heteroatoms. The van der Waals surface area contributed by atoms with E-state index in [0.717, 1.165) is 10.8 Å². The van der Waals surface area contributed by atoms with Crippen LogP contribution in [0.15, 0.2) is 75.9 Å². The zero-order chi connectivity index (χ0) is 18.8. The molecule has 134 valence electrons. The Morgan fingerprint density at radius 1 is 0.963 bits per heavy atom. The Kier molecular flexibility index (Phi) is 4.34. The van der Waals surface area contributed by atoms with Gasteiger partial charge < -0.3 is 13.9 Å². The van der Waals surface area contributed by atoms with Gasteiger partial charge in [0.25, 0.3) is 0 Å². The lowest BCUT2D eigenvalue weighted by molar-refractivity contribution is 0.0733. The number of rotatable bonds is 4. The Hall–Kier alpha value is -3.60. The summed E-state index contributed by atoms with van der Waals surface area (Å²) in [5.74, 6) is 0.236. The largest absolute Gasteiger partial charge is 0.494 e. The van der Waals surface area contributed by atoms with Crippen molar-refractivity contribution in [1.29, 1.82) is 0 Å². The molecule has 0 aliphatic carbocycles. The molecule has 0 bridgehead atoms. The SMILES string of the molecule is CCOc1ccc2cc(C(=O)Oc3cccc4ccccc34)c(=O)oc2c1. The van der Waals surface area contributed by atoms with Crippen LogP contribution in [0.5, 0.6) is 11.5 Å². The molecular weight excluding hydrogens is 344 g/mol. The number of fused-ring (bicyclic) bond motifs is 2. The summed E-state index contributed by atoms with van der Waals surface area (Å²) in [5.41, 5.74) is -0.548. The van der Waals surface area contributed by atoms with Crippen molar-refractivity contribution in [2.45, 2.75) is 6.92 Å². The van der Waals surface area contributed by atoms with Gasteiger partial charge in [-0.25, -0.2) is 9.59 Å². The quantitative estimate of drug-likeness (QED) is 0.303. The molecule has 27 heavy (non-hydrogen) atoms.